The lowest BCUT2D eigenvalue weighted by Gasteiger charge is -2.03. The highest BCUT2D eigenvalue weighted by atomic mass is 16.5. The third-order valence-electron chi connectivity index (χ3n) is 2.07. The molecule has 2 heterocycles. The number of aromatic nitrogens is 4. The third kappa shape index (κ3) is 2.36. The molecule has 0 aliphatic heterocycles. The van der Waals surface area contributed by atoms with Gasteiger partial charge in [-0.15, -0.1) is 0 Å². The van der Waals surface area contributed by atoms with Gasteiger partial charge in [-0.2, -0.15) is 15.1 Å². The summed E-state index contributed by atoms with van der Waals surface area (Å²) in [6, 6.07) is 3.30. The molecule has 0 saturated carbocycles. The third-order valence-corrected chi connectivity index (χ3v) is 2.07. The van der Waals surface area contributed by atoms with Crippen LogP contribution in [0.1, 0.15) is 0 Å². The maximum absolute atomic E-state index is 5.55. The van der Waals surface area contributed by atoms with E-state index < -0.39 is 0 Å². The maximum atomic E-state index is 5.55. The van der Waals surface area contributed by atoms with Crippen LogP contribution < -0.4 is 21.5 Å². The number of nitrogen functional groups attached to an aromatic ring is 2. The summed E-state index contributed by atoms with van der Waals surface area (Å²) < 4.78 is 6.68. The minimum atomic E-state index is 0.107. The van der Waals surface area contributed by atoms with Crippen LogP contribution in [-0.2, 0) is 7.05 Å². The van der Waals surface area contributed by atoms with Gasteiger partial charge in [-0.1, -0.05) is 0 Å². The summed E-state index contributed by atoms with van der Waals surface area (Å²) in [5, 5.41) is 7.13. The number of methoxy groups -OCH3 is 1. The molecule has 0 aliphatic rings. The molecule has 0 aliphatic carbocycles. The van der Waals surface area contributed by atoms with Gasteiger partial charge in [-0.25, -0.2) is 4.68 Å². The molecular weight excluding hydrogens is 222 g/mol. The van der Waals surface area contributed by atoms with Crippen LogP contribution in [0.5, 0.6) is 5.88 Å². The number of anilines is 4. The molecule has 90 valence electrons. The molecule has 0 bridgehead atoms. The van der Waals surface area contributed by atoms with E-state index in [1.54, 1.807) is 31.0 Å². The minimum absolute atomic E-state index is 0.107. The number of hydrogen-bond donors (Lipinski definition) is 3. The second-order valence-corrected chi connectivity index (χ2v) is 3.36. The van der Waals surface area contributed by atoms with E-state index in [1.165, 1.54) is 0 Å². The van der Waals surface area contributed by atoms with Gasteiger partial charge in [-0.05, 0) is 0 Å². The van der Waals surface area contributed by atoms with Gasteiger partial charge in [0, 0.05) is 19.2 Å². The first-order valence-corrected chi connectivity index (χ1v) is 4.83. The summed E-state index contributed by atoms with van der Waals surface area (Å²) in [5.41, 5.74) is 11.0. The summed E-state index contributed by atoms with van der Waals surface area (Å²) >= 11 is 0. The summed E-state index contributed by atoms with van der Waals surface area (Å²) in [4.78, 5) is 7.75. The zero-order chi connectivity index (χ0) is 12.4. The first kappa shape index (κ1) is 11.0. The zero-order valence-electron chi connectivity index (χ0n) is 9.51. The van der Waals surface area contributed by atoms with Crippen LogP contribution >= 0.6 is 0 Å². The molecule has 8 nitrogen and oxygen atoms in total. The lowest BCUT2D eigenvalue weighted by atomic mass is 10.5. The van der Waals surface area contributed by atoms with Gasteiger partial charge in [0.05, 0.1) is 7.11 Å². The van der Waals surface area contributed by atoms with Crippen LogP contribution in [0.3, 0.4) is 0 Å². The Labute approximate surface area is 97.6 Å². The molecule has 2 aromatic heterocycles. The minimum Gasteiger partial charge on any atom is -0.481 e. The van der Waals surface area contributed by atoms with E-state index in [1.807, 2.05) is 0 Å². The number of aryl methyl sites for hydroxylation is 1. The smallest absolute Gasteiger partial charge is 0.223 e. The van der Waals surface area contributed by atoms with Crippen molar-refractivity contribution in [1.29, 1.82) is 0 Å². The van der Waals surface area contributed by atoms with Crippen molar-refractivity contribution in [1.82, 2.24) is 19.7 Å². The Hall–Kier alpha value is -2.51. The second-order valence-electron chi connectivity index (χ2n) is 3.36. The molecule has 0 aromatic carbocycles. The van der Waals surface area contributed by atoms with E-state index in [-0.39, 0.29) is 5.95 Å². The van der Waals surface area contributed by atoms with Crippen LogP contribution in [0, 0.1) is 0 Å². The molecular formula is C9H13N7O. The molecule has 0 unspecified atom stereocenters. The van der Waals surface area contributed by atoms with E-state index >= 15 is 0 Å². The highest BCUT2D eigenvalue weighted by Gasteiger charge is 2.06. The highest BCUT2D eigenvalue weighted by Crippen LogP contribution is 2.19. The Kier molecular flexibility index (Phi) is 2.69. The first-order valence-electron chi connectivity index (χ1n) is 4.83. The lowest BCUT2D eigenvalue weighted by molar-refractivity contribution is 0.373. The normalized spacial score (nSPS) is 10.2. The van der Waals surface area contributed by atoms with Crippen LogP contribution in [0.4, 0.5) is 23.4 Å². The Balaban J connectivity index is 2.24. The molecule has 0 atom stereocenters. The largest absolute Gasteiger partial charge is 0.481 e. The van der Waals surface area contributed by atoms with Crippen molar-refractivity contribution in [3.8, 4) is 5.88 Å². The van der Waals surface area contributed by atoms with Crippen LogP contribution in [0.15, 0.2) is 12.1 Å². The van der Waals surface area contributed by atoms with Crippen molar-refractivity contribution in [2.24, 2.45) is 7.05 Å². The molecule has 5 N–H and O–H groups in total. The number of hydrogen-bond acceptors (Lipinski definition) is 7. The SMILES string of the molecule is COc1cc(Nc2cc(N)nc(N)n2)nn1C. The first-order chi connectivity index (χ1) is 8.08. The summed E-state index contributed by atoms with van der Waals surface area (Å²) in [6.45, 7) is 0. The molecule has 0 saturated heterocycles. The average Bonchev–Trinajstić information content (AvgIpc) is 2.57. The molecule has 0 amide bonds. The van der Waals surface area contributed by atoms with E-state index in [4.69, 9.17) is 16.2 Å². The molecule has 8 heteroatoms. The van der Waals surface area contributed by atoms with Crippen LogP contribution in [0.25, 0.3) is 0 Å². The van der Waals surface area contributed by atoms with Crippen molar-refractivity contribution in [3.05, 3.63) is 12.1 Å². The number of nitrogens with one attached hydrogen (secondary N) is 1. The molecule has 0 fully saturated rings. The van der Waals surface area contributed by atoms with Crippen LogP contribution in [-0.4, -0.2) is 26.9 Å². The molecule has 0 radical (unpaired) electrons. The fraction of sp³-hybridized carbons (Fsp3) is 0.222. The van der Waals surface area contributed by atoms with Crippen molar-refractivity contribution < 1.29 is 4.74 Å². The Bertz CT molecular complexity index is 516. The molecule has 2 aromatic rings. The van der Waals surface area contributed by atoms with E-state index in [9.17, 15) is 0 Å². The van der Waals surface area contributed by atoms with Crippen molar-refractivity contribution >= 4 is 23.4 Å². The quantitative estimate of drug-likeness (QED) is 0.692. The van der Waals surface area contributed by atoms with Gasteiger partial charge < -0.3 is 21.5 Å². The maximum Gasteiger partial charge on any atom is 0.223 e. The van der Waals surface area contributed by atoms with Gasteiger partial charge in [0.2, 0.25) is 11.8 Å². The van der Waals surface area contributed by atoms with Gasteiger partial charge in [0.15, 0.2) is 5.82 Å². The van der Waals surface area contributed by atoms with Crippen LogP contribution in [0.2, 0.25) is 0 Å². The van der Waals surface area contributed by atoms with Crippen molar-refractivity contribution in [3.63, 3.8) is 0 Å². The van der Waals surface area contributed by atoms with E-state index in [0.717, 1.165) is 0 Å². The summed E-state index contributed by atoms with van der Waals surface area (Å²) in [6.07, 6.45) is 0. The highest BCUT2D eigenvalue weighted by molar-refractivity contribution is 5.57. The Morgan fingerprint density at radius 3 is 2.59 bits per heavy atom. The van der Waals surface area contributed by atoms with E-state index in [2.05, 4.69) is 20.4 Å². The number of rotatable bonds is 3. The topological polar surface area (TPSA) is 117 Å². The number of nitrogens with two attached hydrogens (primary N) is 2. The second kappa shape index (κ2) is 4.16. The standard InChI is InChI=1S/C9H13N7O/c1-16-8(17-2)4-7(15-16)13-6-3-5(10)12-9(11)14-6/h3-4H,1-2H3,(H5,10,11,12,13,14,15). The van der Waals surface area contributed by atoms with Gasteiger partial charge >= 0.3 is 0 Å². The van der Waals surface area contributed by atoms with Gasteiger partial charge in [0.25, 0.3) is 0 Å². The molecule has 0 spiro atoms. The Morgan fingerprint density at radius 1 is 1.24 bits per heavy atom. The van der Waals surface area contributed by atoms with Gasteiger partial charge in [-0.3, -0.25) is 0 Å². The lowest BCUT2D eigenvalue weighted by Crippen LogP contribution is -2.03. The zero-order valence-corrected chi connectivity index (χ0v) is 9.51. The summed E-state index contributed by atoms with van der Waals surface area (Å²) in [5.74, 6) is 2.10. The number of nitrogens with zero attached hydrogens (tertiary/aromatic N) is 4. The van der Waals surface area contributed by atoms with Crippen molar-refractivity contribution in [2.75, 3.05) is 23.9 Å². The predicted molar refractivity (Wildman–Crippen MR) is 63.9 cm³/mol. The number of ether oxygens (including phenoxy) is 1. The molecule has 2 rings (SSSR count). The summed E-state index contributed by atoms with van der Waals surface area (Å²) in [7, 11) is 3.34. The predicted octanol–water partition coefficient (Wildman–Crippen LogP) is 0.127. The molecule has 17 heavy (non-hydrogen) atoms. The van der Waals surface area contributed by atoms with Crippen molar-refractivity contribution in [2.45, 2.75) is 0 Å². The van der Waals surface area contributed by atoms with E-state index in [0.29, 0.717) is 23.3 Å². The fourth-order valence-electron chi connectivity index (χ4n) is 1.38. The van der Waals surface area contributed by atoms with Gasteiger partial charge in [0.1, 0.15) is 11.6 Å². The monoisotopic (exact) mass is 235 g/mol. The Morgan fingerprint density at radius 2 is 2.00 bits per heavy atom. The fourth-order valence-corrected chi connectivity index (χ4v) is 1.38. The average molecular weight is 235 g/mol.